The molecule has 4 nitrogen and oxygen atoms in total. The summed E-state index contributed by atoms with van der Waals surface area (Å²) in [4.78, 5) is 12.6. The van der Waals surface area contributed by atoms with E-state index in [0.717, 1.165) is 11.3 Å². The summed E-state index contributed by atoms with van der Waals surface area (Å²) in [6.07, 6.45) is 0. The third-order valence-electron chi connectivity index (χ3n) is 5.75. The van der Waals surface area contributed by atoms with Gasteiger partial charge in [0, 0.05) is 28.6 Å². The molecule has 0 saturated heterocycles. The molecule has 2 aromatic carbocycles. The lowest BCUT2D eigenvalue weighted by Crippen LogP contribution is -2.43. The van der Waals surface area contributed by atoms with Crippen LogP contribution in [0.1, 0.15) is 26.3 Å². The van der Waals surface area contributed by atoms with Crippen LogP contribution in [0, 0.1) is 5.82 Å². The highest BCUT2D eigenvalue weighted by Crippen LogP contribution is 2.42. The third kappa shape index (κ3) is 3.01. The molecule has 0 N–H and O–H groups in total. The molecular formula is C22H23FO4Si. The summed E-state index contributed by atoms with van der Waals surface area (Å²) in [6.45, 7) is 11.1. The minimum atomic E-state index is -1.99. The van der Waals surface area contributed by atoms with Gasteiger partial charge in [-0.15, -0.1) is 0 Å². The van der Waals surface area contributed by atoms with Crippen LogP contribution < -0.4 is 14.8 Å². The first-order valence-corrected chi connectivity index (χ1v) is 12.2. The molecule has 6 heteroatoms. The summed E-state index contributed by atoms with van der Waals surface area (Å²) in [5, 5.41) is 0.759. The molecule has 0 saturated carbocycles. The standard InChI is InChI=1S/C22H23FO4Si/c1-22(2,3)28(4,5)27-14-7-9-16-18(11-14)25-12-17-15-8-6-13(23)10-19(15)26-21(24)20(16)17/h6-11H,12H2,1-5H3. The van der Waals surface area contributed by atoms with Crippen LogP contribution in [0.4, 0.5) is 4.39 Å². The van der Waals surface area contributed by atoms with Crippen LogP contribution in [0.25, 0.3) is 22.1 Å². The number of benzene rings is 2. The molecule has 1 aromatic heterocycles. The number of halogens is 1. The van der Waals surface area contributed by atoms with E-state index in [1.807, 2.05) is 18.2 Å². The van der Waals surface area contributed by atoms with Crippen LogP contribution in [0.15, 0.2) is 45.6 Å². The van der Waals surface area contributed by atoms with Crippen LogP contribution in [0.5, 0.6) is 11.5 Å². The molecule has 4 rings (SSSR count). The molecule has 0 radical (unpaired) electrons. The van der Waals surface area contributed by atoms with Crippen LogP contribution in [0.3, 0.4) is 0 Å². The molecule has 1 aliphatic rings. The Hall–Kier alpha value is -2.60. The summed E-state index contributed by atoms with van der Waals surface area (Å²) >= 11 is 0. The predicted molar refractivity (Wildman–Crippen MR) is 110 cm³/mol. The van der Waals surface area contributed by atoms with E-state index < -0.39 is 19.8 Å². The van der Waals surface area contributed by atoms with Crippen molar-refractivity contribution in [3.05, 3.63) is 58.2 Å². The first-order valence-electron chi connectivity index (χ1n) is 9.28. The van der Waals surface area contributed by atoms with Gasteiger partial charge in [-0.2, -0.15) is 0 Å². The number of hydrogen-bond donors (Lipinski definition) is 0. The van der Waals surface area contributed by atoms with Gasteiger partial charge in [0.15, 0.2) is 0 Å². The number of fused-ring (bicyclic) bond motifs is 5. The number of rotatable bonds is 2. The van der Waals surface area contributed by atoms with Gasteiger partial charge in [0.1, 0.15) is 29.5 Å². The van der Waals surface area contributed by atoms with Crippen LogP contribution in [-0.2, 0) is 6.61 Å². The monoisotopic (exact) mass is 398 g/mol. The molecule has 0 unspecified atom stereocenters. The summed E-state index contributed by atoms with van der Waals surface area (Å²) in [5.41, 5.74) is 1.60. The Balaban J connectivity index is 1.81. The molecule has 1 aliphatic heterocycles. The molecule has 0 spiro atoms. The Labute approximate surface area is 164 Å². The minimum Gasteiger partial charge on any atom is -0.543 e. The van der Waals surface area contributed by atoms with Crippen molar-refractivity contribution >= 4 is 19.3 Å². The predicted octanol–water partition coefficient (Wildman–Crippen LogP) is 5.88. The molecule has 0 atom stereocenters. The van der Waals surface area contributed by atoms with E-state index in [-0.39, 0.29) is 17.2 Å². The van der Waals surface area contributed by atoms with Gasteiger partial charge in [0.2, 0.25) is 8.32 Å². The highest BCUT2D eigenvalue weighted by Gasteiger charge is 2.39. The van der Waals surface area contributed by atoms with Gasteiger partial charge in [-0.3, -0.25) is 0 Å². The van der Waals surface area contributed by atoms with Crippen molar-refractivity contribution in [1.82, 2.24) is 0 Å². The van der Waals surface area contributed by atoms with Gasteiger partial charge in [-0.25, -0.2) is 9.18 Å². The highest BCUT2D eigenvalue weighted by molar-refractivity contribution is 6.74. The van der Waals surface area contributed by atoms with Crippen molar-refractivity contribution in [2.24, 2.45) is 0 Å². The Morgan fingerprint density at radius 1 is 1.11 bits per heavy atom. The Morgan fingerprint density at radius 2 is 1.86 bits per heavy atom. The highest BCUT2D eigenvalue weighted by atomic mass is 28.4. The fraction of sp³-hybridized carbons (Fsp3) is 0.318. The van der Waals surface area contributed by atoms with E-state index in [1.165, 1.54) is 12.1 Å². The lowest BCUT2D eigenvalue weighted by Gasteiger charge is -2.36. The van der Waals surface area contributed by atoms with E-state index in [1.54, 1.807) is 6.07 Å². The maximum atomic E-state index is 13.5. The zero-order valence-corrected chi connectivity index (χ0v) is 17.7. The summed E-state index contributed by atoms with van der Waals surface area (Å²) < 4.78 is 31.2. The van der Waals surface area contributed by atoms with Gasteiger partial charge in [0.25, 0.3) is 0 Å². The van der Waals surface area contributed by atoms with Crippen LogP contribution in [0.2, 0.25) is 18.1 Å². The lowest BCUT2D eigenvalue weighted by atomic mass is 9.96. The summed E-state index contributed by atoms with van der Waals surface area (Å²) in [7, 11) is -1.99. The molecule has 0 aliphatic carbocycles. The lowest BCUT2D eigenvalue weighted by molar-refractivity contribution is 0.301. The first kappa shape index (κ1) is 18.7. The average molecular weight is 399 g/mol. The quantitative estimate of drug-likeness (QED) is 0.400. The Kier molecular flexibility index (Phi) is 4.15. The van der Waals surface area contributed by atoms with Crippen molar-refractivity contribution in [3.8, 4) is 22.6 Å². The van der Waals surface area contributed by atoms with Gasteiger partial charge in [-0.05, 0) is 42.4 Å². The van der Waals surface area contributed by atoms with Crippen molar-refractivity contribution in [3.63, 3.8) is 0 Å². The molecule has 146 valence electrons. The SMILES string of the molecule is CC(C)(C)[Si](C)(C)Oc1ccc2c(c1)OCc1c-2c(=O)oc2cc(F)ccc12. The third-order valence-corrected chi connectivity index (χ3v) is 10.1. The van der Waals surface area contributed by atoms with Gasteiger partial charge in [0.05, 0.1) is 5.56 Å². The average Bonchev–Trinajstić information content (AvgIpc) is 2.59. The number of hydrogen-bond acceptors (Lipinski definition) is 4. The van der Waals surface area contributed by atoms with Gasteiger partial charge < -0.3 is 13.6 Å². The van der Waals surface area contributed by atoms with Crippen molar-refractivity contribution in [2.45, 2.75) is 45.5 Å². The number of ether oxygens (including phenoxy) is 1. The van der Waals surface area contributed by atoms with E-state index in [2.05, 4.69) is 33.9 Å². The van der Waals surface area contributed by atoms with E-state index in [4.69, 9.17) is 13.6 Å². The second kappa shape index (κ2) is 6.20. The second-order valence-electron chi connectivity index (χ2n) is 8.69. The smallest absolute Gasteiger partial charge is 0.344 e. The van der Waals surface area contributed by atoms with Crippen molar-refractivity contribution < 1.29 is 18.0 Å². The van der Waals surface area contributed by atoms with Crippen molar-refractivity contribution in [2.75, 3.05) is 0 Å². The summed E-state index contributed by atoms with van der Waals surface area (Å²) in [5.74, 6) is 0.888. The molecule has 0 amide bonds. The first-order chi connectivity index (χ1) is 13.1. The molecular weight excluding hydrogens is 375 g/mol. The fourth-order valence-electron chi connectivity index (χ4n) is 3.15. The van der Waals surface area contributed by atoms with Crippen molar-refractivity contribution in [1.29, 1.82) is 0 Å². The topological polar surface area (TPSA) is 48.7 Å². The summed E-state index contributed by atoms with van der Waals surface area (Å²) in [6, 6.07) is 9.74. The normalized spacial score (nSPS) is 13.6. The van der Waals surface area contributed by atoms with E-state index in [0.29, 0.717) is 22.3 Å². The second-order valence-corrected chi connectivity index (χ2v) is 13.4. The maximum Gasteiger partial charge on any atom is 0.344 e. The van der Waals surface area contributed by atoms with Crippen LogP contribution >= 0.6 is 0 Å². The van der Waals surface area contributed by atoms with Gasteiger partial charge >= 0.3 is 5.63 Å². The van der Waals surface area contributed by atoms with Gasteiger partial charge in [-0.1, -0.05) is 20.8 Å². The Bertz CT molecular complexity index is 1140. The zero-order chi connectivity index (χ0) is 20.3. The molecule has 3 aromatic rings. The molecule has 0 bridgehead atoms. The zero-order valence-electron chi connectivity index (χ0n) is 16.7. The Morgan fingerprint density at radius 3 is 2.57 bits per heavy atom. The van der Waals surface area contributed by atoms with Crippen LogP contribution in [-0.4, -0.2) is 8.32 Å². The molecule has 2 heterocycles. The largest absolute Gasteiger partial charge is 0.543 e. The maximum absolute atomic E-state index is 13.5. The fourth-order valence-corrected chi connectivity index (χ4v) is 4.17. The van der Waals surface area contributed by atoms with E-state index in [9.17, 15) is 9.18 Å². The molecule has 0 fully saturated rings. The van der Waals surface area contributed by atoms with E-state index >= 15 is 0 Å². The molecule has 28 heavy (non-hydrogen) atoms. The minimum absolute atomic E-state index is 0.0750.